The van der Waals surface area contributed by atoms with E-state index < -0.39 is 0 Å². The monoisotopic (exact) mass is 187 g/mol. The number of carbonyl (C=O) groups is 1. The Hall–Kier alpha value is -0.770. The number of nitrogens with one attached hydrogen (secondary N) is 1. The average molecular weight is 187 g/mol. The first-order chi connectivity index (χ1) is 5.95. The van der Waals surface area contributed by atoms with Gasteiger partial charge in [-0.05, 0) is 27.4 Å². The van der Waals surface area contributed by atoms with Crippen molar-refractivity contribution in [3.8, 4) is 0 Å². The topological polar surface area (TPSA) is 35.6 Å². The van der Waals surface area contributed by atoms with Crippen LogP contribution < -0.4 is 5.32 Å². The van der Waals surface area contributed by atoms with Crippen LogP contribution in [0.5, 0.6) is 0 Å². The fourth-order valence-corrected chi connectivity index (χ4v) is 0.804. The number of carbonyl (C=O) groups excluding carboxylic acids is 1. The molecule has 0 saturated heterocycles. The van der Waals surface area contributed by atoms with E-state index in [9.17, 15) is 4.79 Å². The van der Waals surface area contributed by atoms with Gasteiger partial charge in [-0.1, -0.05) is 0 Å². The highest BCUT2D eigenvalue weighted by atomic mass is 16.2. The molecule has 0 bridgehead atoms. The summed E-state index contributed by atoms with van der Waals surface area (Å²) in [6, 6.07) is 0.480. The summed E-state index contributed by atoms with van der Waals surface area (Å²) in [6.45, 7) is 2.87. The fraction of sp³-hybridized carbons (Fsp3) is 0.889. The Kier molecular flexibility index (Phi) is 5.46. The second-order valence-corrected chi connectivity index (χ2v) is 3.73. The van der Waals surface area contributed by atoms with E-state index in [-0.39, 0.29) is 6.03 Å². The van der Waals surface area contributed by atoms with Gasteiger partial charge >= 0.3 is 6.03 Å². The molecule has 2 amide bonds. The predicted octanol–water partition coefficient (Wildman–Crippen LogP) is 0.598. The summed E-state index contributed by atoms with van der Waals surface area (Å²) in [6.07, 6.45) is 0.979. The fourth-order valence-electron chi connectivity index (χ4n) is 0.804. The van der Waals surface area contributed by atoms with E-state index in [0.717, 1.165) is 13.0 Å². The van der Waals surface area contributed by atoms with Crippen LogP contribution in [0.4, 0.5) is 4.79 Å². The minimum Gasteiger partial charge on any atom is -0.338 e. The number of hydrogen-bond acceptors (Lipinski definition) is 2. The van der Waals surface area contributed by atoms with Crippen molar-refractivity contribution >= 4 is 6.03 Å². The van der Waals surface area contributed by atoms with E-state index >= 15 is 0 Å². The minimum atomic E-state index is -0.0223. The zero-order valence-corrected chi connectivity index (χ0v) is 9.29. The largest absolute Gasteiger partial charge is 0.338 e. The van der Waals surface area contributed by atoms with Gasteiger partial charge in [-0.3, -0.25) is 0 Å². The van der Waals surface area contributed by atoms with Crippen LogP contribution in [0.15, 0.2) is 0 Å². The van der Waals surface area contributed by atoms with Crippen LogP contribution in [-0.4, -0.2) is 56.6 Å². The Bertz CT molecular complexity index is 157. The maximum absolute atomic E-state index is 11.1. The van der Waals surface area contributed by atoms with Gasteiger partial charge in [0.1, 0.15) is 0 Å². The van der Waals surface area contributed by atoms with Crippen molar-refractivity contribution in [2.75, 3.05) is 34.7 Å². The highest BCUT2D eigenvalue weighted by Gasteiger charge is 2.06. The number of hydrogen-bond donors (Lipinski definition) is 1. The van der Waals surface area contributed by atoms with Crippen LogP contribution >= 0.6 is 0 Å². The number of rotatable bonds is 4. The summed E-state index contributed by atoms with van der Waals surface area (Å²) in [7, 11) is 7.56. The molecule has 1 N–H and O–H groups in total. The van der Waals surface area contributed by atoms with Gasteiger partial charge < -0.3 is 15.1 Å². The lowest BCUT2D eigenvalue weighted by molar-refractivity contribution is 0.215. The maximum Gasteiger partial charge on any atom is 0.316 e. The molecular formula is C9H21N3O. The minimum absolute atomic E-state index is 0.0223. The molecule has 0 aromatic rings. The van der Waals surface area contributed by atoms with Crippen LogP contribution in [0.1, 0.15) is 13.3 Å². The van der Waals surface area contributed by atoms with Crippen LogP contribution in [0.25, 0.3) is 0 Å². The van der Waals surface area contributed by atoms with Gasteiger partial charge in [-0.2, -0.15) is 0 Å². The molecule has 1 atom stereocenters. The predicted molar refractivity (Wildman–Crippen MR) is 54.9 cm³/mol. The quantitative estimate of drug-likeness (QED) is 0.699. The van der Waals surface area contributed by atoms with Crippen LogP contribution in [-0.2, 0) is 0 Å². The first-order valence-corrected chi connectivity index (χ1v) is 4.56. The third kappa shape index (κ3) is 5.47. The molecule has 0 fully saturated rings. The number of amides is 2. The van der Waals surface area contributed by atoms with Crippen molar-refractivity contribution in [1.29, 1.82) is 0 Å². The van der Waals surface area contributed by atoms with Gasteiger partial charge in [0.25, 0.3) is 0 Å². The SMILES string of the molecule is CC(CCNC(=O)N(C)C)N(C)C. The molecule has 13 heavy (non-hydrogen) atoms. The molecule has 0 heterocycles. The van der Waals surface area contributed by atoms with Gasteiger partial charge in [0.05, 0.1) is 0 Å². The van der Waals surface area contributed by atoms with Gasteiger partial charge in [-0.15, -0.1) is 0 Å². The molecular weight excluding hydrogens is 166 g/mol. The molecule has 0 radical (unpaired) electrons. The van der Waals surface area contributed by atoms with E-state index in [0.29, 0.717) is 6.04 Å². The molecule has 0 rings (SSSR count). The standard InChI is InChI=1S/C9H21N3O/c1-8(11(2)3)6-7-10-9(13)12(4)5/h8H,6-7H2,1-5H3,(H,10,13). The highest BCUT2D eigenvalue weighted by molar-refractivity contribution is 5.73. The third-order valence-corrected chi connectivity index (χ3v) is 2.13. The van der Waals surface area contributed by atoms with Crippen LogP contribution in [0, 0.1) is 0 Å². The molecule has 0 aromatic heterocycles. The molecule has 4 nitrogen and oxygen atoms in total. The molecule has 0 aliphatic heterocycles. The van der Waals surface area contributed by atoms with Crippen molar-refractivity contribution in [1.82, 2.24) is 15.1 Å². The van der Waals surface area contributed by atoms with Gasteiger partial charge in [0, 0.05) is 26.7 Å². The molecule has 1 unspecified atom stereocenters. The zero-order valence-electron chi connectivity index (χ0n) is 9.29. The Labute approximate surface area is 80.9 Å². The van der Waals surface area contributed by atoms with E-state index in [1.807, 2.05) is 14.1 Å². The maximum atomic E-state index is 11.1. The Morgan fingerprint density at radius 1 is 1.31 bits per heavy atom. The molecule has 0 aliphatic carbocycles. The van der Waals surface area contributed by atoms with E-state index in [2.05, 4.69) is 17.1 Å². The van der Waals surface area contributed by atoms with Crippen LogP contribution in [0.3, 0.4) is 0 Å². The Morgan fingerprint density at radius 3 is 2.23 bits per heavy atom. The summed E-state index contributed by atoms with van der Waals surface area (Å²) >= 11 is 0. The summed E-state index contributed by atoms with van der Waals surface area (Å²) in [5.74, 6) is 0. The summed E-state index contributed by atoms with van der Waals surface area (Å²) in [5.41, 5.74) is 0. The second-order valence-electron chi connectivity index (χ2n) is 3.73. The third-order valence-electron chi connectivity index (χ3n) is 2.13. The normalized spacial score (nSPS) is 12.8. The number of nitrogens with zero attached hydrogens (tertiary/aromatic N) is 2. The average Bonchev–Trinajstić information content (AvgIpc) is 2.03. The molecule has 0 aromatic carbocycles. The molecule has 0 aliphatic rings. The molecule has 0 saturated carbocycles. The van der Waals surface area contributed by atoms with Gasteiger partial charge in [0.2, 0.25) is 0 Å². The highest BCUT2D eigenvalue weighted by Crippen LogP contribution is 1.95. The smallest absolute Gasteiger partial charge is 0.316 e. The van der Waals surface area contributed by atoms with Crippen molar-refractivity contribution < 1.29 is 4.79 Å². The molecule has 0 spiro atoms. The van der Waals surface area contributed by atoms with Crippen molar-refractivity contribution in [2.45, 2.75) is 19.4 Å². The summed E-state index contributed by atoms with van der Waals surface area (Å²) in [4.78, 5) is 14.8. The lowest BCUT2D eigenvalue weighted by Crippen LogP contribution is -2.37. The summed E-state index contributed by atoms with van der Waals surface area (Å²) in [5, 5.41) is 2.83. The lowest BCUT2D eigenvalue weighted by Gasteiger charge is -2.20. The van der Waals surface area contributed by atoms with Gasteiger partial charge in [-0.25, -0.2) is 4.79 Å². The van der Waals surface area contributed by atoms with E-state index in [4.69, 9.17) is 0 Å². The Balaban J connectivity index is 3.51. The van der Waals surface area contributed by atoms with Crippen molar-refractivity contribution in [3.05, 3.63) is 0 Å². The first-order valence-electron chi connectivity index (χ1n) is 4.56. The van der Waals surface area contributed by atoms with E-state index in [1.165, 1.54) is 0 Å². The Morgan fingerprint density at radius 2 is 1.85 bits per heavy atom. The van der Waals surface area contributed by atoms with Crippen LogP contribution in [0.2, 0.25) is 0 Å². The lowest BCUT2D eigenvalue weighted by atomic mass is 10.2. The second kappa shape index (κ2) is 5.80. The zero-order chi connectivity index (χ0) is 10.4. The summed E-state index contributed by atoms with van der Waals surface area (Å²) < 4.78 is 0. The van der Waals surface area contributed by atoms with Gasteiger partial charge in [0.15, 0.2) is 0 Å². The molecule has 78 valence electrons. The molecule has 4 heteroatoms. The number of urea groups is 1. The van der Waals surface area contributed by atoms with Crippen molar-refractivity contribution in [3.63, 3.8) is 0 Å². The van der Waals surface area contributed by atoms with Crippen molar-refractivity contribution in [2.24, 2.45) is 0 Å². The van der Waals surface area contributed by atoms with E-state index in [1.54, 1.807) is 19.0 Å². The first kappa shape index (κ1) is 12.2.